The zero-order chi connectivity index (χ0) is 23.8. The van der Waals surface area contributed by atoms with Gasteiger partial charge in [-0.15, -0.1) is 0 Å². The predicted molar refractivity (Wildman–Crippen MR) is 133 cm³/mol. The number of piperazine rings is 1. The predicted octanol–water partition coefficient (Wildman–Crippen LogP) is 3.60. The van der Waals surface area contributed by atoms with Gasteiger partial charge in [0.15, 0.2) is 0 Å². The van der Waals surface area contributed by atoms with Crippen LogP contribution in [-0.4, -0.2) is 53.6 Å². The van der Waals surface area contributed by atoms with Gasteiger partial charge >= 0.3 is 0 Å². The lowest BCUT2D eigenvalue weighted by atomic mass is 10.1. The van der Waals surface area contributed by atoms with Crippen molar-refractivity contribution in [2.75, 3.05) is 43.4 Å². The van der Waals surface area contributed by atoms with E-state index in [1.807, 2.05) is 44.2 Å². The molecule has 0 bridgehead atoms. The zero-order valence-corrected chi connectivity index (χ0v) is 19.5. The first-order valence-electron chi connectivity index (χ1n) is 11.3. The Bertz CT molecular complexity index is 1420. The third-order valence-electron chi connectivity index (χ3n) is 6.38. The summed E-state index contributed by atoms with van der Waals surface area (Å²) < 4.78 is 6.62. The molecule has 8 nitrogen and oxygen atoms in total. The standard InChI is InChI=1S/C26H27N5O3/c1-17-4-5-20(28-25(32)19-8-13-34-16-19)14-24(17)31-18(2)27-23-7-6-21(15-22(23)26(31)33)30-11-9-29(3)10-12-30/h4-8,13-16H,9-12H2,1-3H3,(H,28,32). The van der Waals surface area contributed by atoms with E-state index in [-0.39, 0.29) is 11.5 Å². The number of fused-ring (bicyclic) bond motifs is 1. The molecule has 1 aliphatic rings. The number of benzene rings is 2. The maximum Gasteiger partial charge on any atom is 0.266 e. The minimum Gasteiger partial charge on any atom is -0.472 e. The van der Waals surface area contributed by atoms with Gasteiger partial charge in [-0.3, -0.25) is 14.2 Å². The fourth-order valence-corrected chi connectivity index (χ4v) is 4.35. The normalized spacial score (nSPS) is 14.5. The summed E-state index contributed by atoms with van der Waals surface area (Å²) in [6, 6.07) is 13.0. The van der Waals surface area contributed by atoms with Crippen molar-refractivity contribution in [3.05, 3.63) is 82.3 Å². The Morgan fingerprint density at radius 3 is 2.56 bits per heavy atom. The second kappa shape index (κ2) is 8.79. The molecule has 2 aromatic carbocycles. The number of anilines is 2. The van der Waals surface area contributed by atoms with Crippen LogP contribution in [0.5, 0.6) is 0 Å². The van der Waals surface area contributed by atoms with Crippen LogP contribution in [0.4, 0.5) is 11.4 Å². The molecule has 2 aromatic heterocycles. The van der Waals surface area contributed by atoms with Crippen molar-refractivity contribution in [2.24, 2.45) is 0 Å². The molecule has 4 aromatic rings. The minimum absolute atomic E-state index is 0.125. The van der Waals surface area contributed by atoms with Gasteiger partial charge in [-0.25, -0.2) is 4.98 Å². The molecule has 8 heteroatoms. The van der Waals surface area contributed by atoms with Gasteiger partial charge in [0.05, 0.1) is 28.4 Å². The number of nitrogens with one attached hydrogen (secondary N) is 1. The first-order chi connectivity index (χ1) is 16.4. The number of rotatable bonds is 4. The molecule has 5 rings (SSSR count). The molecule has 0 atom stereocenters. The lowest BCUT2D eigenvalue weighted by Gasteiger charge is -2.34. The van der Waals surface area contributed by atoms with Crippen molar-refractivity contribution in [1.82, 2.24) is 14.5 Å². The Balaban J connectivity index is 1.55. The molecule has 0 unspecified atom stereocenters. The Morgan fingerprint density at radius 1 is 1.03 bits per heavy atom. The maximum absolute atomic E-state index is 13.7. The second-order valence-electron chi connectivity index (χ2n) is 8.76. The highest BCUT2D eigenvalue weighted by molar-refractivity contribution is 6.04. The van der Waals surface area contributed by atoms with Crippen molar-refractivity contribution in [1.29, 1.82) is 0 Å². The Hall–Kier alpha value is -3.91. The van der Waals surface area contributed by atoms with Gasteiger partial charge in [-0.1, -0.05) is 6.07 Å². The molecule has 0 radical (unpaired) electrons. The average molecular weight is 458 g/mol. The summed E-state index contributed by atoms with van der Waals surface area (Å²) in [6.45, 7) is 7.59. The van der Waals surface area contributed by atoms with Gasteiger partial charge in [-0.05, 0) is 62.9 Å². The van der Waals surface area contributed by atoms with Crippen molar-refractivity contribution >= 4 is 28.2 Å². The van der Waals surface area contributed by atoms with E-state index in [0.29, 0.717) is 33.7 Å². The molecule has 1 aliphatic heterocycles. The minimum atomic E-state index is -0.277. The second-order valence-corrected chi connectivity index (χ2v) is 8.76. The van der Waals surface area contributed by atoms with Gasteiger partial charge in [0.1, 0.15) is 12.1 Å². The van der Waals surface area contributed by atoms with Crippen LogP contribution in [0.1, 0.15) is 21.7 Å². The van der Waals surface area contributed by atoms with Crippen LogP contribution in [0.25, 0.3) is 16.6 Å². The van der Waals surface area contributed by atoms with Crippen LogP contribution in [0.3, 0.4) is 0 Å². The maximum atomic E-state index is 13.7. The van der Waals surface area contributed by atoms with E-state index in [9.17, 15) is 9.59 Å². The molecular formula is C26H27N5O3. The molecule has 1 fully saturated rings. The molecular weight excluding hydrogens is 430 g/mol. The third-order valence-corrected chi connectivity index (χ3v) is 6.38. The number of aryl methyl sites for hydroxylation is 2. The molecule has 0 aliphatic carbocycles. The summed E-state index contributed by atoms with van der Waals surface area (Å²) >= 11 is 0. The van der Waals surface area contributed by atoms with Gasteiger partial charge in [-0.2, -0.15) is 0 Å². The molecule has 34 heavy (non-hydrogen) atoms. The number of likely N-dealkylation sites (N-methyl/N-ethyl adjacent to an activating group) is 1. The lowest BCUT2D eigenvalue weighted by molar-refractivity contribution is 0.102. The molecule has 1 saturated heterocycles. The van der Waals surface area contributed by atoms with E-state index in [2.05, 4.69) is 22.2 Å². The van der Waals surface area contributed by atoms with E-state index in [1.54, 1.807) is 16.7 Å². The number of hydrogen-bond donors (Lipinski definition) is 1. The lowest BCUT2D eigenvalue weighted by Crippen LogP contribution is -2.44. The highest BCUT2D eigenvalue weighted by atomic mass is 16.3. The molecule has 0 saturated carbocycles. The SMILES string of the molecule is Cc1ccc(NC(=O)c2ccoc2)cc1-n1c(C)nc2ccc(N3CCN(C)CC3)cc2c1=O. The van der Waals surface area contributed by atoms with E-state index in [1.165, 1.54) is 12.5 Å². The molecule has 1 amide bonds. The van der Waals surface area contributed by atoms with Crippen molar-refractivity contribution in [3.63, 3.8) is 0 Å². The number of hydrogen-bond acceptors (Lipinski definition) is 6. The number of aromatic nitrogens is 2. The molecule has 1 N–H and O–H groups in total. The first kappa shape index (κ1) is 21.9. The Labute approximate surface area is 197 Å². The zero-order valence-electron chi connectivity index (χ0n) is 19.5. The van der Waals surface area contributed by atoms with Crippen LogP contribution in [-0.2, 0) is 0 Å². The van der Waals surface area contributed by atoms with Crippen LogP contribution in [0.15, 0.2) is 64.2 Å². The van der Waals surface area contributed by atoms with E-state index in [0.717, 1.165) is 37.4 Å². The Morgan fingerprint density at radius 2 is 1.82 bits per heavy atom. The van der Waals surface area contributed by atoms with Gasteiger partial charge < -0.3 is 19.5 Å². The largest absolute Gasteiger partial charge is 0.472 e. The monoisotopic (exact) mass is 457 g/mol. The number of carbonyl (C=O) groups is 1. The fourth-order valence-electron chi connectivity index (χ4n) is 4.35. The number of carbonyl (C=O) groups excluding carboxylic acids is 1. The van der Waals surface area contributed by atoms with E-state index in [4.69, 9.17) is 9.40 Å². The quantitative estimate of drug-likeness (QED) is 0.504. The molecule has 3 heterocycles. The summed E-state index contributed by atoms with van der Waals surface area (Å²) in [7, 11) is 2.12. The van der Waals surface area contributed by atoms with Crippen LogP contribution in [0.2, 0.25) is 0 Å². The summed E-state index contributed by atoms with van der Waals surface area (Å²) in [5.41, 5.74) is 4.20. The fraction of sp³-hybridized carbons (Fsp3) is 0.269. The van der Waals surface area contributed by atoms with Gasteiger partial charge in [0.2, 0.25) is 0 Å². The highest BCUT2D eigenvalue weighted by Gasteiger charge is 2.18. The molecule has 0 spiro atoms. The number of nitrogens with zero attached hydrogens (tertiary/aromatic N) is 4. The smallest absolute Gasteiger partial charge is 0.266 e. The van der Waals surface area contributed by atoms with Crippen molar-refractivity contribution in [3.8, 4) is 5.69 Å². The Kier molecular flexibility index (Phi) is 5.67. The average Bonchev–Trinajstić information content (AvgIpc) is 3.37. The van der Waals surface area contributed by atoms with Gasteiger partial charge in [0, 0.05) is 37.6 Å². The van der Waals surface area contributed by atoms with Crippen molar-refractivity contribution < 1.29 is 9.21 Å². The van der Waals surface area contributed by atoms with Crippen LogP contribution >= 0.6 is 0 Å². The topological polar surface area (TPSA) is 83.6 Å². The van der Waals surface area contributed by atoms with Crippen LogP contribution in [0, 0.1) is 13.8 Å². The number of furan rings is 1. The third kappa shape index (κ3) is 4.08. The summed E-state index contributed by atoms with van der Waals surface area (Å²) in [5.74, 6) is 0.312. The number of amides is 1. The molecule has 174 valence electrons. The first-order valence-corrected chi connectivity index (χ1v) is 11.3. The van der Waals surface area contributed by atoms with Gasteiger partial charge in [0.25, 0.3) is 11.5 Å². The summed E-state index contributed by atoms with van der Waals surface area (Å²) in [5, 5.41) is 3.45. The van der Waals surface area contributed by atoms with Crippen LogP contribution < -0.4 is 15.8 Å². The summed E-state index contributed by atoms with van der Waals surface area (Å²) in [6.07, 6.45) is 2.85. The van der Waals surface area contributed by atoms with E-state index >= 15 is 0 Å². The van der Waals surface area contributed by atoms with Crippen molar-refractivity contribution in [2.45, 2.75) is 13.8 Å². The summed E-state index contributed by atoms with van der Waals surface area (Å²) in [4.78, 5) is 35.5. The van der Waals surface area contributed by atoms with E-state index < -0.39 is 0 Å². The highest BCUT2D eigenvalue weighted by Crippen LogP contribution is 2.24.